The Bertz CT molecular complexity index is 778. The average molecular weight is 346 g/mol. The second kappa shape index (κ2) is 7.09. The Kier molecular flexibility index (Phi) is 4.88. The molecule has 1 aliphatic carbocycles. The van der Waals surface area contributed by atoms with Gasteiger partial charge in [0.1, 0.15) is 0 Å². The molecule has 0 spiro atoms. The van der Waals surface area contributed by atoms with Crippen LogP contribution in [0.2, 0.25) is 0 Å². The van der Waals surface area contributed by atoms with E-state index in [-0.39, 0.29) is 5.56 Å². The molecule has 0 fully saturated rings. The molecule has 3 nitrogen and oxygen atoms in total. The molecule has 1 aromatic carbocycles. The average Bonchev–Trinajstić information content (AvgIpc) is 2.62. The molecule has 6 heteroatoms. The van der Waals surface area contributed by atoms with Gasteiger partial charge in [-0.1, -0.05) is 29.0 Å². The molecule has 1 heterocycles. The van der Waals surface area contributed by atoms with Crippen LogP contribution in [-0.2, 0) is 6.18 Å². The summed E-state index contributed by atoms with van der Waals surface area (Å²) in [6.45, 7) is 0. The van der Waals surface area contributed by atoms with Gasteiger partial charge in [-0.15, -0.1) is 0 Å². The van der Waals surface area contributed by atoms with Crippen LogP contribution in [0.25, 0.3) is 0 Å². The SMILES string of the molecule is [O-]/C(=N\[n+]1ccc(C2CC=CCC2)cc1)c1ccc(C(F)(F)F)cc1. The number of allylic oxidation sites excluding steroid dienone is 2. The van der Waals surface area contributed by atoms with Crippen molar-refractivity contribution in [2.45, 2.75) is 31.4 Å². The van der Waals surface area contributed by atoms with E-state index in [0.29, 0.717) is 5.92 Å². The van der Waals surface area contributed by atoms with Crippen molar-refractivity contribution in [3.63, 3.8) is 0 Å². The normalized spacial score (nSPS) is 18.4. The molecule has 25 heavy (non-hydrogen) atoms. The van der Waals surface area contributed by atoms with Crippen molar-refractivity contribution in [3.05, 3.63) is 77.6 Å². The zero-order chi connectivity index (χ0) is 17.9. The highest BCUT2D eigenvalue weighted by molar-refractivity contribution is 5.90. The molecule has 1 aromatic heterocycles. The summed E-state index contributed by atoms with van der Waals surface area (Å²) < 4.78 is 39.0. The maximum Gasteiger partial charge on any atom is 0.416 e. The molecule has 0 saturated carbocycles. The van der Waals surface area contributed by atoms with Gasteiger partial charge in [0.05, 0.1) is 11.5 Å². The number of hydrogen-bond donors (Lipinski definition) is 0. The van der Waals surface area contributed by atoms with Crippen molar-refractivity contribution >= 4 is 5.90 Å². The number of alkyl halides is 3. The van der Waals surface area contributed by atoms with Crippen LogP contribution < -0.4 is 9.78 Å². The van der Waals surface area contributed by atoms with Crippen molar-refractivity contribution in [2.75, 3.05) is 0 Å². The van der Waals surface area contributed by atoms with E-state index in [2.05, 4.69) is 17.3 Å². The van der Waals surface area contributed by atoms with Crippen molar-refractivity contribution in [1.82, 2.24) is 0 Å². The predicted molar refractivity (Wildman–Crippen MR) is 85.7 cm³/mol. The third-order valence-electron chi connectivity index (χ3n) is 4.25. The van der Waals surface area contributed by atoms with Crippen LogP contribution in [0.15, 0.2) is 66.0 Å². The van der Waals surface area contributed by atoms with E-state index in [0.717, 1.165) is 43.5 Å². The van der Waals surface area contributed by atoms with E-state index in [1.807, 2.05) is 12.1 Å². The van der Waals surface area contributed by atoms with Gasteiger partial charge >= 0.3 is 6.18 Å². The highest BCUT2D eigenvalue weighted by Crippen LogP contribution is 2.29. The summed E-state index contributed by atoms with van der Waals surface area (Å²) in [5.41, 5.74) is 0.516. The minimum absolute atomic E-state index is 0.113. The number of hydrogen-bond acceptors (Lipinski definition) is 2. The summed E-state index contributed by atoms with van der Waals surface area (Å²) in [5.74, 6) is -0.114. The van der Waals surface area contributed by atoms with Crippen LogP contribution in [0.1, 0.15) is 41.9 Å². The topological polar surface area (TPSA) is 39.3 Å². The summed E-state index contributed by atoms with van der Waals surface area (Å²) in [7, 11) is 0. The smallest absolute Gasteiger partial charge is 0.416 e. The van der Waals surface area contributed by atoms with E-state index < -0.39 is 17.6 Å². The lowest BCUT2D eigenvalue weighted by Crippen LogP contribution is -2.33. The van der Waals surface area contributed by atoms with Gasteiger partial charge < -0.3 is 5.11 Å². The first-order chi connectivity index (χ1) is 11.9. The van der Waals surface area contributed by atoms with Gasteiger partial charge in [-0.25, -0.2) is 0 Å². The number of benzene rings is 1. The Morgan fingerprint density at radius 2 is 1.72 bits per heavy atom. The van der Waals surface area contributed by atoms with Gasteiger partial charge in [0, 0.05) is 12.1 Å². The van der Waals surface area contributed by atoms with E-state index in [1.165, 1.54) is 10.2 Å². The largest absolute Gasteiger partial charge is 0.854 e. The quantitative estimate of drug-likeness (QED) is 0.363. The maximum absolute atomic E-state index is 12.5. The first kappa shape index (κ1) is 17.2. The molecule has 1 unspecified atom stereocenters. The molecule has 0 aliphatic heterocycles. The number of nitrogens with zero attached hydrogens (tertiary/aromatic N) is 2. The summed E-state index contributed by atoms with van der Waals surface area (Å²) in [6.07, 6.45) is 6.48. The summed E-state index contributed by atoms with van der Waals surface area (Å²) >= 11 is 0. The third-order valence-corrected chi connectivity index (χ3v) is 4.25. The minimum atomic E-state index is -4.42. The monoisotopic (exact) mass is 346 g/mol. The Hall–Kier alpha value is -2.63. The van der Waals surface area contributed by atoms with Crippen molar-refractivity contribution in [2.24, 2.45) is 5.10 Å². The molecule has 0 bridgehead atoms. The molecule has 130 valence electrons. The summed E-state index contributed by atoms with van der Waals surface area (Å²) in [6, 6.07) is 7.89. The molecule has 0 amide bonds. The van der Waals surface area contributed by atoms with Crippen LogP contribution in [0.3, 0.4) is 0 Å². The molecule has 1 aliphatic rings. The highest BCUT2D eigenvalue weighted by Gasteiger charge is 2.29. The van der Waals surface area contributed by atoms with Gasteiger partial charge in [-0.05, 0) is 53.5 Å². The van der Waals surface area contributed by atoms with Gasteiger partial charge in [0.25, 0.3) is 0 Å². The van der Waals surface area contributed by atoms with E-state index >= 15 is 0 Å². The first-order valence-corrected chi connectivity index (χ1v) is 8.03. The van der Waals surface area contributed by atoms with Crippen LogP contribution in [0.5, 0.6) is 0 Å². The van der Waals surface area contributed by atoms with Gasteiger partial charge in [0.2, 0.25) is 12.4 Å². The molecule has 3 rings (SSSR count). The predicted octanol–water partition coefficient (Wildman–Crippen LogP) is 3.39. The summed E-state index contributed by atoms with van der Waals surface area (Å²) in [4.78, 5) is 0. The second-order valence-electron chi connectivity index (χ2n) is 5.97. The van der Waals surface area contributed by atoms with Crippen LogP contribution >= 0.6 is 0 Å². The van der Waals surface area contributed by atoms with Gasteiger partial charge in [0.15, 0.2) is 0 Å². The number of aromatic nitrogens is 1. The number of halogens is 3. The number of rotatable bonds is 3. The Balaban J connectivity index is 1.74. The van der Waals surface area contributed by atoms with Crippen molar-refractivity contribution in [1.29, 1.82) is 0 Å². The van der Waals surface area contributed by atoms with E-state index in [4.69, 9.17) is 0 Å². The molecular weight excluding hydrogens is 329 g/mol. The zero-order valence-electron chi connectivity index (χ0n) is 13.4. The maximum atomic E-state index is 12.5. The fourth-order valence-electron chi connectivity index (χ4n) is 2.83. The minimum Gasteiger partial charge on any atom is -0.854 e. The zero-order valence-corrected chi connectivity index (χ0v) is 13.4. The van der Waals surface area contributed by atoms with E-state index in [9.17, 15) is 18.3 Å². The van der Waals surface area contributed by atoms with Gasteiger partial charge in [-0.3, -0.25) is 0 Å². The fraction of sp³-hybridized carbons (Fsp3) is 0.263. The summed E-state index contributed by atoms with van der Waals surface area (Å²) in [5, 5.41) is 16.0. The fourth-order valence-corrected chi connectivity index (χ4v) is 2.83. The molecule has 1 atom stereocenters. The Morgan fingerprint density at radius 1 is 1.04 bits per heavy atom. The molecular formula is C19H17F3N2O. The highest BCUT2D eigenvalue weighted by atomic mass is 19.4. The third kappa shape index (κ3) is 4.26. The van der Waals surface area contributed by atoms with Crippen molar-refractivity contribution < 1.29 is 23.0 Å². The molecule has 2 aromatic rings. The van der Waals surface area contributed by atoms with Gasteiger partial charge in [-0.2, -0.15) is 13.2 Å². The molecule has 0 N–H and O–H groups in total. The lowest BCUT2D eigenvalue weighted by atomic mass is 9.88. The van der Waals surface area contributed by atoms with Crippen LogP contribution in [-0.4, -0.2) is 5.90 Å². The Labute approximate surface area is 143 Å². The molecule has 0 radical (unpaired) electrons. The second-order valence-corrected chi connectivity index (χ2v) is 5.97. The Morgan fingerprint density at radius 3 is 2.28 bits per heavy atom. The van der Waals surface area contributed by atoms with E-state index in [1.54, 1.807) is 12.4 Å². The van der Waals surface area contributed by atoms with Crippen LogP contribution in [0.4, 0.5) is 13.2 Å². The number of pyridine rings is 1. The van der Waals surface area contributed by atoms with Crippen molar-refractivity contribution in [3.8, 4) is 0 Å². The van der Waals surface area contributed by atoms with Crippen LogP contribution in [0, 0.1) is 0 Å². The lowest BCUT2D eigenvalue weighted by molar-refractivity contribution is -0.681. The lowest BCUT2D eigenvalue weighted by Gasteiger charge is -2.16. The standard InChI is InChI=1S/C19H17F3N2O/c20-19(21,22)17-8-6-16(7-9-17)18(25)23-24-12-10-15(11-13-24)14-4-2-1-3-5-14/h1-2,6-14H,3-5H2. The molecule has 0 saturated heterocycles. The first-order valence-electron chi connectivity index (χ1n) is 8.03.